The first-order valence-corrected chi connectivity index (χ1v) is 8.60. The first-order valence-electron chi connectivity index (χ1n) is 8.60. The van der Waals surface area contributed by atoms with E-state index in [1.54, 1.807) is 18.5 Å². The number of amides is 2. The highest BCUT2D eigenvalue weighted by Crippen LogP contribution is 2.35. The molecule has 0 aliphatic carbocycles. The first-order chi connectivity index (χ1) is 11.4. The lowest BCUT2D eigenvalue weighted by molar-refractivity contribution is -0.155. The number of aromatic nitrogens is 3. The van der Waals surface area contributed by atoms with E-state index >= 15 is 0 Å². The number of carbonyl (C=O) groups excluding carboxylic acids is 2. The number of piperidine rings is 1. The number of likely N-dealkylation sites (tertiary alicyclic amines) is 1. The van der Waals surface area contributed by atoms with Gasteiger partial charge in [0.25, 0.3) is 5.91 Å². The van der Waals surface area contributed by atoms with Gasteiger partial charge in [0.15, 0.2) is 5.72 Å². The van der Waals surface area contributed by atoms with Crippen molar-refractivity contribution in [1.82, 2.24) is 25.0 Å². The lowest BCUT2D eigenvalue weighted by Crippen LogP contribution is -2.58. The highest BCUT2D eigenvalue weighted by atomic mass is 16.6. The lowest BCUT2D eigenvalue weighted by Gasteiger charge is -2.41. The Hall–Kier alpha value is -1.96. The van der Waals surface area contributed by atoms with Crippen molar-refractivity contribution in [3.05, 3.63) is 12.2 Å². The van der Waals surface area contributed by atoms with Gasteiger partial charge in [-0.25, -0.2) is 9.67 Å². The molecule has 3 aliphatic heterocycles. The van der Waals surface area contributed by atoms with Crippen LogP contribution in [0.3, 0.4) is 0 Å². The van der Waals surface area contributed by atoms with E-state index in [2.05, 4.69) is 15.4 Å². The van der Waals surface area contributed by atoms with Crippen molar-refractivity contribution in [3.63, 3.8) is 0 Å². The van der Waals surface area contributed by atoms with E-state index in [0.717, 1.165) is 37.9 Å². The van der Waals surface area contributed by atoms with Gasteiger partial charge in [0, 0.05) is 13.0 Å². The first kappa shape index (κ1) is 15.6. The van der Waals surface area contributed by atoms with Gasteiger partial charge in [-0.05, 0) is 39.5 Å². The Morgan fingerprint density at radius 3 is 3.00 bits per heavy atom. The largest absolute Gasteiger partial charge is 0.338 e. The molecule has 4 rings (SSSR count). The highest BCUT2D eigenvalue weighted by Gasteiger charge is 2.52. The van der Waals surface area contributed by atoms with Gasteiger partial charge in [-0.1, -0.05) is 0 Å². The Morgan fingerprint density at radius 1 is 1.42 bits per heavy atom. The molecule has 2 saturated heterocycles. The van der Waals surface area contributed by atoms with Gasteiger partial charge in [0.1, 0.15) is 23.8 Å². The molecule has 2 amide bonds. The summed E-state index contributed by atoms with van der Waals surface area (Å²) in [6.07, 6.45) is 5.62. The summed E-state index contributed by atoms with van der Waals surface area (Å²) >= 11 is 0. The fourth-order valence-electron chi connectivity index (χ4n) is 4.04. The summed E-state index contributed by atoms with van der Waals surface area (Å²) in [5, 5.41) is 7.21. The molecule has 4 heterocycles. The van der Waals surface area contributed by atoms with Crippen molar-refractivity contribution >= 4 is 11.8 Å². The summed E-state index contributed by atoms with van der Waals surface area (Å²) in [6.45, 7) is 4.60. The number of fused-ring (bicyclic) bond motifs is 1. The highest BCUT2D eigenvalue weighted by molar-refractivity contribution is 5.87. The third-order valence-corrected chi connectivity index (χ3v) is 5.21. The number of rotatable bonds is 1. The number of carbonyl (C=O) groups is 2. The molecule has 24 heavy (non-hydrogen) atoms. The third-order valence-electron chi connectivity index (χ3n) is 5.21. The zero-order valence-corrected chi connectivity index (χ0v) is 14.1. The average Bonchev–Trinajstić information content (AvgIpc) is 3.09. The van der Waals surface area contributed by atoms with Crippen LogP contribution >= 0.6 is 0 Å². The maximum absolute atomic E-state index is 13.1. The van der Waals surface area contributed by atoms with Crippen molar-refractivity contribution in [2.75, 3.05) is 13.1 Å². The second kappa shape index (κ2) is 5.27. The van der Waals surface area contributed by atoms with Crippen LogP contribution in [0.2, 0.25) is 0 Å². The van der Waals surface area contributed by atoms with Gasteiger partial charge in [-0.2, -0.15) is 5.10 Å². The molecule has 1 aromatic heterocycles. The van der Waals surface area contributed by atoms with Crippen molar-refractivity contribution in [2.24, 2.45) is 0 Å². The van der Waals surface area contributed by atoms with Gasteiger partial charge >= 0.3 is 0 Å². The summed E-state index contributed by atoms with van der Waals surface area (Å²) in [5.41, 5.74) is -1.61. The second-order valence-electron chi connectivity index (χ2n) is 7.45. The van der Waals surface area contributed by atoms with E-state index in [-0.39, 0.29) is 17.9 Å². The predicted molar refractivity (Wildman–Crippen MR) is 83.8 cm³/mol. The molecule has 1 N–H and O–H groups in total. The quantitative estimate of drug-likeness (QED) is 0.803. The normalized spacial score (nSPS) is 31.8. The summed E-state index contributed by atoms with van der Waals surface area (Å²) in [7, 11) is 0. The summed E-state index contributed by atoms with van der Waals surface area (Å²) in [5.74, 6) is 0.800. The molecule has 2 atom stereocenters. The van der Waals surface area contributed by atoms with E-state index in [4.69, 9.17) is 4.74 Å². The van der Waals surface area contributed by atoms with Gasteiger partial charge < -0.3 is 15.0 Å². The zero-order chi connectivity index (χ0) is 16.9. The van der Waals surface area contributed by atoms with E-state index in [9.17, 15) is 9.59 Å². The van der Waals surface area contributed by atoms with E-state index in [0.29, 0.717) is 13.1 Å². The summed E-state index contributed by atoms with van der Waals surface area (Å²) < 4.78 is 7.78. The van der Waals surface area contributed by atoms with Crippen LogP contribution in [0.1, 0.15) is 51.4 Å². The smallest absolute Gasteiger partial charge is 0.254 e. The van der Waals surface area contributed by atoms with Crippen molar-refractivity contribution in [1.29, 1.82) is 0 Å². The molecule has 0 bridgehead atoms. The Kier molecular flexibility index (Phi) is 3.42. The molecule has 3 aliphatic rings. The zero-order valence-electron chi connectivity index (χ0n) is 14.1. The molecular weight excluding hydrogens is 310 g/mol. The summed E-state index contributed by atoms with van der Waals surface area (Å²) in [6, 6.07) is -0.295. The van der Waals surface area contributed by atoms with Crippen LogP contribution in [0, 0.1) is 0 Å². The van der Waals surface area contributed by atoms with Crippen LogP contribution in [-0.4, -0.2) is 55.9 Å². The number of nitrogens with one attached hydrogen (secondary N) is 1. The second-order valence-corrected chi connectivity index (χ2v) is 7.45. The third kappa shape index (κ3) is 2.40. The van der Waals surface area contributed by atoms with Crippen LogP contribution in [0.25, 0.3) is 0 Å². The Labute approximate surface area is 140 Å². The Bertz CT molecular complexity index is 685. The molecule has 0 saturated carbocycles. The number of nitrogens with zero attached hydrogens (tertiary/aromatic N) is 4. The molecule has 2 unspecified atom stereocenters. The van der Waals surface area contributed by atoms with Crippen LogP contribution in [0.5, 0.6) is 0 Å². The maximum Gasteiger partial charge on any atom is 0.254 e. The van der Waals surface area contributed by atoms with Crippen molar-refractivity contribution < 1.29 is 14.3 Å². The van der Waals surface area contributed by atoms with Gasteiger partial charge in [-0.3, -0.25) is 9.59 Å². The maximum atomic E-state index is 13.1. The Morgan fingerprint density at radius 2 is 2.25 bits per heavy atom. The SMILES string of the molecule is CC1(C)OC2(CCCN(C(=O)C3CCCc4ncnn43)C2)NC1=O. The monoisotopic (exact) mass is 333 g/mol. The minimum atomic E-state index is -0.851. The minimum absolute atomic E-state index is 0.0445. The average molecular weight is 333 g/mol. The van der Waals surface area contributed by atoms with E-state index < -0.39 is 11.3 Å². The fourth-order valence-corrected chi connectivity index (χ4v) is 4.04. The molecule has 2 fully saturated rings. The van der Waals surface area contributed by atoms with E-state index in [1.165, 1.54) is 6.33 Å². The Balaban J connectivity index is 1.54. The lowest BCUT2D eigenvalue weighted by atomic mass is 9.98. The van der Waals surface area contributed by atoms with Crippen LogP contribution in [0.4, 0.5) is 0 Å². The van der Waals surface area contributed by atoms with Crippen LogP contribution in [-0.2, 0) is 20.7 Å². The molecular formula is C16H23N5O3. The number of aryl methyl sites for hydroxylation is 1. The number of ether oxygens (including phenoxy) is 1. The van der Waals surface area contributed by atoms with Crippen LogP contribution in [0.15, 0.2) is 6.33 Å². The van der Waals surface area contributed by atoms with Gasteiger partial charge in [-0.15, -0.1) is 0 Å². The van der Waals surface area contributed by atoms with Crippen molar-refractivity contribution in [3.8, 4) is 0 Å². The van der Waals surface area contributed by atoms with Gasteiger partial charge in [0.05, 0.1) is 6.54 Å². The fraction of sp³-hybridized carbons (Fsp3) is 0.750. The molecule has 0 radical (unpaired) electrons. The molecule has 8 nitrogen and oxygen atoms in total. The predicted octanol–water partition coefficient (Wildman–Crippen LogP) is 0.399. The van der Waals surface area contributed by atoms with E-state index in [1.807, 2.05) is 4.90 Å². The van der Waals surface area contributed by atoms with Crippen LogP contribution < -0.4 is 5.32 Å². The topological polar surface area (TPSA) is 89.3 Å². The summed E-state index contributed by atoms with van der Waals surface area (Å²) in [4.78, 5) is 31.2. The molecule has 8 heteroatoms. The number of hydrogen-bond acceptors (Lipinski definition) is 5. The molecule has 130 valence electrons. The van der Waals surface area contributed by atoms with Crippen molar-refractivity contribution in [2.45, 2.75) is 63.3 Å². The molecule has 1 spiro atoms. The standard InChI is InChI=1S/C16H23N5O3/c1-15(2)14(23)19-16(24-15)7-4-8-20(9-16)13(22)11-5-3-6-12-17-10-18-21(11)12/h10-11H,3-9H2,1-2H3,(H,19,23). The minimum Gasteiger partial charge on any atom is -0.338 e. The molecule has 1 aromatic rings. The number of hydrogen-bond donors (Lipinski definition) is 1. The molecule has 0 aromatic carbocycles. The van der Waals surface area contributed by atoms with Gasteiger partial charge in [0.2, 0.25) is 5.91 Å².